The first-order valence-corrected chi connectivity index (χ1v) is 8.06. The molecule has 0 spiro atoms. The highest BCUT2D eigenvalue weighted by Gasteiger charge is 2.32. The summed E-state index contributed by atoms with van der Waals surface area (Å²) in [6.45, 7) is 6.41. The van der Waals surface area contributed by atoms with Crippen molar-refractivity contribution in [3.8, 4) is 5.75 Å². The van der Waals surface area contributed by atoms with Gasteiger partial charge >= 0.3 is 6.09 Å². The van der Waals surface area contributed by atoms with Crippen molar-refractivity contribution >= 4 is 18.1 Å². The van der Waals surface area contributed by atoms with Gasteiger partial charge in [-0.2, -0.15) is 0 Å². The van der Waals surface area contributed by atoms with Crippen molar-refractivity contribution in [1.29, 1.82) is 0 Å². The number of aromatic nitrogens is 1. The Kier molecular flexibility index (Phi) is 5.33. The van der Waals surface area contributed by atoms with Crippen LogP contribution >= 0.6 is 12.0 Å². The molecule has 0 radical (unpaired) electrons. The minimum Gasteiger partial charge on any atom is -0.444 e. The molecule has 1 amide bonds. The standard InChI is InChI=1S/C15H22N2O3S/c1-15(2,3)19-14(18)17-9-5-6-12(17)11-21-20-13-7-4-8-16-10-13/h4,7-8,10,12H,5-6,9,11H2,1-3H3. The molecule has 1 aromatic rings. The largest absolute Gasteiger partial charge is 0.444 e. The van der Waals surface area contributed by atoms with Crippen LogP contribution in [-0.4, -0.2) is 39.9 Å². The van der Waals surface area contributed by atoms with Gasteiger partial charge in [0.15, 0.2) is 5.75 Å². The van der Waals surface area contributed by atoms with E-state index in [1.807, 2.05) is 37.8 Å². The number of ether oxygens (including phenoxy) is 1. The van der Waals surface area contributed by atoms with Crippen LogP contribution in [0.1, 0.15) is 33.6 Å². The molecule has 21 heavy (non-hydrogen) atoms. The maximum absolute atomic E-state index is 12.1. The van der Waals surface area contributed by atoms with Gasteiger partial charge in [-0.05, 0) is 45.7 Å². The van der Waals surface area contributed by atoms with E-state index in [1.54, 1.807) is 12.4 Å². The molecular formula is C15H22N2O3S. The van der Waals surface area contributed by atoms with E-state index in [2.05, 4.69) is 4.98 Å². The van der Waals surface area contributed by atoms with Crippen LogP contribution in [-0.2, 0) is 4.74 Å². The molecule has 1 saturated heterocycles. The normalized spacial score (nSPS) is 18.6. The molecule has 2 heterocycles. The molecule has 1 aliphatic heterocycles. The number of carbonyl (C=O) groups is 1. The Hall–Kier alpha value is -1.43. The third-order valence-electron chi connectivity index (χ3n) is 3.06. The van der Waals surface area contributed by atoms with Gasteiger partial charge in [-0.15, -0.1) is 0 Å². The molecule has 0 saturated carbocycles. The van der Waals surface area contributed by atoms with Crippen molar-refractivity contribution in [3.63, 3.8) is 0 Å². The van der Waals surface area contributed by atoms with E-state index >= 15 is 0 Å². The van der Waals surface area contributed by atoms with Crippen LogP contribution < -0.4 is 4.18 Å². The highest BCUT2D eigenvalue weighted by molar-refractivity contribution is 7.95. The van der Waals surface area contributed by atoms with Gasteiger partial charge in [0, 0.05) is 18.8 Å². The molecule has 2 rings (SSSR count). The van der Waals surface area contributed by atoms with E-state index in [-0.39, 0.29) is 12.1 Å². The van der Waals surface area contributed by atoms with Crippen LogP contribution in [0.4, 0.5) is 4.79 Å². The van der Waals surface area contributed by atoms with E-state index < -0.39 is 5.60 Å². The number of hydrogen-bond donors (Lipinski definition) is 0. The van der Waals surface area contributed by atoms with Gasteiger partial charge in [0.25, 0.3) is 0 Å². The summed E-state index contributed by atoms with van der Waals surface area (Å²) in [6.07, 6.45) is 5.15. The summed E-state index contributed by atoms with van der Waals surface area (Å²) in [5.41, 5.74) is -0.455. The van der Waals surface area contributed by atoms with Gasteiger partial charge in [0.05, 0.1) is 24.0 Å². The molecule has 1 aromatic heterocycles. The zero-order valence-corrected chi connectivity index (χ0v) is 13.6. The van der Waals surface area contributed by atoms with Gasteiger partial charge in [-0.3, -0.25) is 4.98 Å². The number of carbonyl (C=O) groups excluding carboxylic acids is 1. The van der Waals surface area contributed by atoms with Crippen LogP contribution in [0.2, 0.25) is 0 Å². The second kappa shape index (κ2) is 7.02. The first kappa shape index (κ1) is 15.9. The highest BCUT2D eigenvalue weighted by Crippen LogP contribution is 2.25. The minimum atomic E-state index is -0.455. The molecule has 6 heteroatoms. The van der Waals surface area contributed by atoms with E-state index in [0.717, 1.165) is 30.9 Å². The molecule has 0 N–H and O–H groups in total. The lowest BCUT2D eigenvalue weighted by molar-refractivity contribution is 0.0241. The molecule has 0 aromatic carbocycles. The second-order valence-electron chi connectivity index (χ2n) is 6.03. The zero-order chi connectivity index (χ0) is 15.3. The molecule has 1 unspecified atom stereocenters. The summed E-state index contributed by atoms with van der Waals surface area (Å²) < 4.78 is 11.0. The van der Waals surface area contributed by atoms with Gasteiger partial charge in [-0.1, -0.05) is 0 Å². The maximum Gasteiger partial charge on any atom is 0.410 e. The zero-order valence-electron chi connectivity index (χ0n) is 12.7. The SMILES string of the molecule is CC(C)(C)OC(=O)N1CCCC1CSOc1cccnc1. The van der Waals surface area contributed by atoms with Gasteiger partial charge in [0.2, 0.25) is 0 Å². The van der Waals surface area contributed by atoms with Crippen LogP contribution in [0.3, 0.4) is 0 Å². The summed E-state index contributed by atoms with van der Waals surface area (Å²) in [7, 11) is 0. The molecule has 5 nitrogen and oxygen atoms in total. The molecule has 1 fully saturated rings. The molecule has 0 bridgehead atoms. The molecule has 0 aliphatic carbocycles. The molecule has 116 valence electrons. The summed E-state index contributed by atoms with van der Waals surface area (Å²) in [5, 5.41) is 0. The lowest BCUT2D eigenvalue weighted by Gasteiger charge is -2.28. The lowest BCUT2D eigenvalue weighted by atomic mass is 10.2. The molecule has 1 atom stereocenters. The van der Waals surface area contributed by atoms with Crippen molar-refractivity contribution in [1.82, 2.24) is 9.88 Å². The number of likely N-dealkylation sites (tertiary alicyclic amines) is 1. The third kappa shape index (κ3) is 5.12. The topological polar surface area (TPSA) is 51.7 Å². The first-order valence-electron chi connectivity index (χ1n) is 7.15. The number of amides is 1. The van der Waals surface area contributed by atoms with Crippen molar-refractivity contribution in [2.45, 2.75) is 45.3 Å². The summed E-state index contributed by atoms with van der Waals surface area (Å²) in [4.78, 5) is 18.0. The fraction of sp³-hybridized carbons (Fsp3) is 0.600. The van der Waals surface area contributed by atoms with E-state index in [1.165, 1.54) is 12.0 Å². The van der Waals surface area contributed by atoms with Crippen LogP contribution in [0.15, 0.2) is 24.5 Å². The fourth-order valence-corrected chi connectivity index (χ4v) is 2.95. The minimum absolute atomic E-state index is 0.168. The summed E-state index contributed by atoms with van der Waals surface area (Å²) >= 11 is 1.35. The van der Waals surface area contributed by atoms with Crippen molar-refractivity contribution < 1.29 is 13.7 Å². The van der Waals surface area contributed by atoms with Crippen LogP contribution in [0, 0.1) is 0 Å². The predicted molar refractivity (Wildman–Crippen MR) is 83.3 cm³/mol. The van der Waals surface area contributed by atoms with Crippen LogP contribution in [0.5, 0.6) is 5.75 Å². The van der Waals surface area contributed by atoms with Gasteiger partial charge in [-0.25, -0.2) is 4.79 Å². The number of rotatable bonds is 4. The van der Waals surface area contributed by atoms with E-state index in [4.69, 9.17) is 8.92 Å². The number of hydrogen-bond acceptors (Lipinski definition) is 5. The Balaban J connectivity index is 1.80. The molecule has 1 aliphatic rings. The number of pyridine rings is 1. The van der Waals surface area contributed by atoms with E-state index in [9.17, 15) is 4.79 Å². The average Bonchev–Trinajstić information content (AvgIpc) is 2.86. The quantitative estimate of drug-likeness (QED) is 0.797. The van der Waals surface area contributed by atoms with Crippen molar-refractivity contribution in [3.05, 3.63) is 24.5 Å². The Morgan fingerprint density at radius 2 is 2.33 bits per heavy atom. The lowest BCUT2D eigenvalue weighted by Crippen LogP contribution is -2.40. The predicted octanol–water partition coefficient (Wildman–Crippen LogP) is 3.51. The molecular weight excluding hydrogens is 288 g/mol. The maximum atomic E-state index is 12.1. The Morgan fingerprint density at radius 3 is 3.00 bits per heavy atom. The van der Waals surface area contributed by atoms with Gasteiger partial charge < -0.3 is 13.8 Å². The Labute approximate surface area is 130 Å². The third-order valence-corrected chi connectivity index (χ3v) is 3.89. The van der Waals surface area contributed by atoms with E-state index in [0.29, 0.717) is 0 Å². The Morgan fingerprint density at radius 1 is 1.52 bits per heavy atom. The first-order chi connectivity index (χ1) is 9.96. The van der Waals surface area contributed by atoms with Crippen LogP contribution in [0.25, 0.3) is 0 Å². The van der Waals surface area contributed by atoms with Gasteiger partial charge in [0.1, 0.15) is 5.60 Å². The summed E-state index contributed by atoms with van der Waals surface area (Å²) in [6, 6.07) is 3.86. The fourth-order valence-electron chi connectivity index (χ4n) is 2.15. The summed E-state index contributed by atoms with van der Waals surface area (Å²) in [5.74, 6) is 1.46. The second-order valence-corrected chi connectivity index (χ2v) is 6.76. The number of nitrogens with zero attached hydrogens (tertiary/aromatic N) is 2. The highest BCUT2D eigenvalue weighted by atomic mass is 32.2. The smallest absolute Gasteiger partial charge is 0.410 e. The Bertz CT molecular complexity index is 462. The monoisotopic (exact) mass is 310 g/mol. The van der Waals surface area contributed by atoms with Crippen molar-refractivity contribution in [2.75, 3.05) is 12.3 Å². The average molecular weight is 310 g/mol. The van der Waals surface area contributed by atoms with Crippen molar-refractivity contribution in [2.24, 2.45) is 0 Å².